The average molecular weight is 295 g/mol. The van der Waals surface area contributed by atoms with Crippen LogP contribution in [0.15, 0.2) is 12.1 Å². The Kier molecular flexibility index (Phi) is 4.46. The van der Waals surface area contributed by atoms with Crippen LogP contribution in [0.2, 0.25) is 0 Å². The first-order chi connectivity index (χ1) is 9.89. The lowest BCUT2D eigenvalue weighted by Crippen LogP contribution is -2.52. The highest BCUT2D eigenvalue weighted by Crippen LogP contribution is 2.38. The number of hydrogen-bond donors (Lipinski definition) is 2. The van der Waals surface area contributed by atoms with Gasteiger partial charge in [0.25, 0.3) is 5.69 Å². The minimum absolute atomic E-state index is 0.233. The summed E-state index contributed by atoms with van der Waals surface area (Å²) in [5.74, 6) is -0.244. The number of benzene rings is 1. The summed E-state index contributed by atoms with van der Waals surface area (Å²) in [5.41, 5.74) is 6.12. The number of halogens is 1. The number of rotatable bonds is 4. The van der Waals surface area contributed by atoms with Crippen molar-refractivity contribution < 1.29 is 9.31 Å². The molecule has 0 spiro atoms. The van der Waals surface area contributed by atoms with Gasteiger partial charge in [-0.15, -0.1) is 0 Å². The number of nitrogens with one attached hydrogen (secondary N) is 1. The van der Waals surface area contributed by atoms with Crippen molar-refractivity contribution in [3.8, 4) is 0 Å². The molecule has 5 nitrogen and oxygen atoms in total. The van der Waals surface area contributed by atoms with E-state index in [1.165, 1.54) is 6.07 Å². The lowest BCUT2D eigenvalue weighted by atomic mass is 9.73. The van der Waals surface area contributed by atoms with Gasteiger partial charge in [-0.3, -0.25) is 10.1 Å². The van der Waals surface area contributed by atoms with Gasteiger partial charge >= 0.3 is 0 Å². The van der Waals surface area contributed by atoms with Crippen molar-refractivity contribution in [2.75, 3.05) is 11.9 Å². The minimum Gasteiger partial charge on any atom is -0.372 e. The van der Waals surface area contributed by atoms with Crippen LogP contribution in [0.25, 0.3) is 0 Å². The monoisotopic (exact) mass is 295 g/mol. The quantitative estimate of drug-likeness (QED) is 0.659. The number of hydrogen-bond acceptors (Lipinski definition) is 4. The largest absolute Gasteiger partial charge is 0.372 e. The van der Waals surface area contributed by atoms with Gasteiger partial charge in [0.15, 0.2) is 0 Å². The second-order valence-electron chi connectivity index (χ2n) is 6.01. The number of nitrogens with zero attached hydrogens (tertiary/aromatic N) is 1. The van der Waals surface area contributed by atoms with Crippen LogP contribution in [-0.4, -0.2) is 17.0 Å². The molecule has 116 valence electrons. The molecule has 0 radical (unpaired) electrons. The summed E-state index contributed by atoms with van der Waals surface area (Å²) in [4.78, 5) is 10.6. The maximum absolute atomic E-state index is 13.6. The predicted molar refractivity (Wildman–Crippen MR) is 80.8 cm³/mol. The Morgan fingerprint density at radius 1 is 1.52 bits per heavy atom. The summed E-state index contributed by atoms with van der Waals surface area (Å²) in [6, 6.07) is 2.49. The van der Waals surface area contributed by atoms with Gasteiger partial charge in [-0.25, -0.2) is 4.39 Å². The Labute approximate surface area is 123 Å². The van der Waals surface area contributed by atoms with Crippen LogP contribution in [0, 0.1) is 28.8 Å². The van der Waals surface area contributed by atoms with Crippen LogP contribution in [-0.2, 0) is 0 Å². The molecular weight excluding hydrogens is 273 g/mol. The first-order valence-electron chi connectivity index (χ1n) is 7.32. The van der Waals surface area contributed by atoms with Gasteiger partial charge in [0, 0.05) is 6.54 Å². The van der Waals surface area contributed by atoms with Crippen molar-refractivity contribution in [1.82, 2.24) is 0 Å². The predicted octanol–water partition coefficient (Wildman–Crippen LogP) is 3.36. The Morgan fingerprint density at radius 2 is 2.24 bits per heavy atom. The third-order valence-corrected chi connectivity index (χ3v) is 4.67. The van der Waals surface area contributed by atoms with Gasteiger partial charge in [-0.2, -0.15) is 0 Å². The lowest BCUT2D eigenvalue weighted by molar-refractivity contribution is -0.384. The van der Waals surface area contributed by atoms with Crippen molar-refractivity contribution in [1.29, 1.82) is 0 Å². The molecule has 0 saturated heterocycles. The third-order valence-electron chi connectivity index (χ3n) is 4.67. The Morgan fingerprint density at radius 3 is 2.81 bits per heavy atom. The molecular formula is C15H22FN3O2. The van der Waals surface area contributed by atoms with Gasteiger partial charge in [-0.1, -0.05) is 19.8 Å². The first-order valence-corrected chi connectivity index (χ1v) is 7.32. The van der Waals surface area contributed by atoms with Crippen LogP contribution < -0.4 is 11.1 Å². The number of nitrogens with two attached hydrogens (primary N) is 1. The maximum atomic E-state index is 13.6. The molecule has 1 aromatic carbocycles. The zero-order chi connectivity index (χ0) is 15.6. The summed E-state index contributed by atoms with van der Waals surface area (Å²) >= 11 is 0. The molecule has 21 heavy (non-hydrogen) atoms. The topological polar surface area (TPSA) is 81.2 Å². The van der Waals surface area contributed by atoms with Gasteiger partial charge in [0.05, 0.1) is 16.5 Å². The third kappa shape index (κ3) is 3.00. The second-order valence-corrected chi connectivity index (χ2v) is 6.01. The van der Waals surface area contributed by atoms with Gasteiger partial charge in [0.1, 0.15) is 11.5 Å². The molecule has 1 fully saturated rings. The molecule has 0 heterocycles. The standard InChI is InChI=1S/C15H22FN3O2/c1-10-7-13(14(19(20)21)8-12(10)16)18-15(9-17)6-4-3-5-11(15)2/h7-8,11,18H,3-6,9,17H2,1-2H3. The van der Waals surface area contributed by atoms with E-state index in [1.807, 2.05) is 0 Å². The molecule has 6 heteroatoms. The highest BCUT2D eigenvalue weighted by molar-refractivity contribution is 5.64. The zero-order valence-electron chi connectivity index (χ0n) is 12.5. The van der Waals surface area contributed by atoms with E-state index in [0.29, 0.717) is 23.7 Å². The summed E-state index contributed by atoms with van der Waals surface area (Å²) in [5, 5.41) is 14.4. The zero-order valence-corrected chi connectivity index (χ0v) is 12.5. The highest BCUT2D eigenvalue weighted by Gasteiger charge is 2.38. The van der Waals surface area contributed by atoms with E-state index in [1.54, 1.807) is 6.92 Å². The molecule has 1 aliphatic rings. The van der Waals surface area contributed by atoms with Gasteiger partial charge in [-0.05, 0) is 37.3 Å². The van der Waals surface area contributed by atoms with Crippen molar-refractivity contribution in [3.05, 3.63) is 33.6 Å². The van der Waals surface area contributed by atoms with E-state index < -0.39 is 10.7 Å². The summed E-state index contributed by atoms with van der Waals surface area (Å²) in [6.07, 6.45) is 4.11. The molecule has 0 bridgehead atoms. The van der Waals surface area contributed by atoms with Crippen LogP contribution in [0.4, 0.5) is 15.8 Å². The molecule has 2 atom stereocenters. The maximum Gasteiger partial charge on any atom is 0.295 e. The molecule has 3 N–H and O–H groups in total. The van der Waals surface area contributed by atoms with E-state index in [4.69, 9.17) is 5.73 Å². The van der Waals surface area contributed by atoms with E-state index in [0.717, 1.165) is 31.7 Å². The molecule has 0 aliphatic heterocycles. The fourth-order valence-electron chi connectivity index (χ4n) is 3.14. The molecule has 1 saturated carbocycles. The van der Waals surface area contributed by atoms with Crippen LogP contribution in [0.3, 0.4) is 0 Å². The molecule has 1 aliphatic carbocycles. The van der Waals surface area contributed by atoms with Crippen molar-refractivity contribution in [2.24, 2.45) is 11.7 Å². The molecule has 0 amide bonds. The minimum atomic E-state index is -0.564. The molecule has 0 aromatic heterocycles. The van der Waals surface area contributed by atoms with E-state index in [2.05, 4.69) is 12.2 Å². The normalized spacial score (nSPS) is 25.6. The molecule has 2 unspecified atom stereocenters. The number of nitro groups is 1. The first kappa shape index (κ1) is 15.7. The van der Waals surface area contributed by atoms with Crippen LogP contribution in [0.1, 0.15) is 38.2 Å². The SMILES string of the molecule is Cc1cc(NC2(CN)CCCCC2C)c([N+](=O)[O-])cc1F. The molecule has 1 aromatic rings. The smallest absolute Gasteiger partial charge is 0.295 e. The van der Waals surface area contributed by atoms with Crippen LogP contribution >= 0.6 is 0 Å². The number of nitro benzene ring substituents is 1. The summed E-state index contributed by atoms with van der Waals surface area (Å²) in [7, 11) is 0. The van der Waals surface area contributed by atoms with Crippen molar-refractivity contribution >= 4 is 11.4 Å². The van der Waals surface area contributed by atoms with E-state index in [-0.39, 0.29) is 11.2 Å². The van der Waals surface area contributed by atoms with Crippen molar-refractivity contribution in [2.45, 2.75) is 45.1 Å². The van der Waals surface area contributed by atoms with Gasteiger partial charge < -0.3 is 11.1 Å². The van der Waals surface area contributed by atoms with Gasteiger partial charge in [0.2, 0.25) is 0 Å². The second kappa shape index (κ2) is 5.97. The number of anilines is 1. The summed E-state index contributed by atoms with van der Waals surface area (Å²) in [6.45, 7) is 4.12. The van der Waals surface area contributed by atoms with Crippen molar-refractivity contribution in [3.63, 3.8) is 0 Å². The summed E-state index contributed by atoms with van der Waals surface area (Å²) < 4.78 is 13.6. The van der Waals surface area contributed by atoms with Crippen LogP contribution in [0.5, 0.6) is 0 Å². The van der Waals surface area contributed by atoms with E-state index >= 15 is 0 Å². The van der Waals surface area contributed by atoms with E-state index in [9.17, 15) is 14.5 Å². The average Bonchev–Trinajstić information content (AvgIpc) is 2.45. The lowest BCUT2D eigenvalue weighted by Gasteiger charge is -2.43. The molecule has 2 rings (SSSR count). The Balaban J connectivity index is 2.41. The Bertz CT molecular complexity index is 550. The fourth-order valence-corrected chi connectivity index (χ4v) is 3.14. The number of aryl methyl sites for hydroxylation is 1. The Hall–Kier alpha value is -1.69. The fraction of sp³-hybridized carbons (Fsp3) is 0.600. The highest BCUT2D eigenvalue weighted by atomic mass is 19.1.